The maximum atomic E-state index is 12.2. The lowest BCUT2D eigenvalue weighted by atomic mass is 10.1. The molecule has 1 aromatic heterocycles. The van der Waals surface area contributed by atoms with E-state index in [9.17, 15) is 18.0 Å². The van der Waals surface area contributed by atoms with Gasteiger partial charge >= 0.3 is 5.97 Å². The average Bonchev–Trinajstić information content (AvgIpc) is 2.86. The third-order valence-electron chi connectivity index (χ3n) is 3.22. The van der Waals surface area contributed by atoms with Gasteiger partial charge in [0.25, 0.3) is 5.91 Å². The number of aromatic carboxylic acids is 1. The number of imidazole rings is 1. The zero-order valence-electron chi connectivity index (χ0n) is 11.4. The van der Waals surface area contributed by atoms with Gasteiger partial charge in [-0.05, 0) is 12.8 Å². The molecular weight excluding hydrogens is 300 g/mol. The number of hydrogen-bond donors (Lipinski definition) is 3. The lowest BCUT2D eigenvalue weighted by Gasteiger charge is -2.31. The van der Waals surface area contributed by atoms with Gasteiger partial charge in [0.2, 0.25) is 10.0 Å². The van der Waals surface area contributed by atoms with Crippen molar-refractivity contribution in [2.75, 3.05) is 19.3 Å². The second-order valence-electron chi connectivity index (χ2n) is 4.89. The number of carboxylic acids is 1. The van der Waals surface area contributed by atoms with Crippen molar-refractivity contribution in [3.05, 3.63) is 17.7 Å². The largest absolute Gasteiger partial charge is 0.477 e. The Morgan fingerprint density at radius 1 is 1.43 bits per heavy atom. The first-order valence-corrected chi connectivity index (χ1v) is 8.20. The summed E-state index contributed by atoms with van der Waals surface area (Å²) in [6.45, 7) is 0.690. The molecule has 9 nitrogen and oxygen atoms in total. The fourth-order valence-corrected chi connectivity index (χ4v) is 3.11. The highest BCUT2D eigenvalue weighted by atomic mass is 32.2. The zero-order chi connectivity index (χ0) is 15.6. The Kier molecular flexibility index (Phi) is 4.28. The minimum atomic E-state index is -3.27. The summed E-state index contributed by atoms with van der Waals surface area (Å²) in [5, 5.41) is 8.95. The van der Waals surface area contributed by atoms with Crippen LogP contribution in [0.3, 0.4) is 0 Å². The lowest BCUT2D eigenvalue weighted by Crippen LogP contribution is -2.46. The quantitative estimate of drug-likeness (QED) is 0.670. The van der Waals surface area contributed by atoms with Gasteiger partial charge in [-0.2, -0.15) is 0 Å². The Hall–Kier alpha value is -1.94. The molecule has 0 aromatic carbocycles. The van der Waals surface area contributed by atoms with E-state index >= 15 is 0 Å². The van der Waals surface area contributed by atoms with Gasteiger partial charge in [0, 0.05) is 19.1 Å². The minimum absolute atomic E-state index is 0.128. The zero-order valence-corrected chi connectivity index (χ0v) is 12.2. The molecule has 0 spiro atoms. The van der Waals surface area contributed by atoms with Crippen LogP contribution in [-0.4, -0.2) is 65.7 Å². The fourth-order valence-electron chi connectivity index (χ4n) is 2.27. The summed E-state index contributed by atoms with van der Waals surface area (Å²) in [6.07, 6.45) is 3.21. The van der Waals surface area contributed by atoms with Crippen LogP contribution in [0.25, 0.3) is 0 Å². The molecule has 0 saturated carbocycles. The Morgan fingerprint density at radius 2 is 2.05 bits per heavy atom. The molecule has 0 atom stereocenters. The van der Waals surface area contributed by atoms with Gasteiger partial charge in [0.1, 0.15) is 0 Å². The number of nitrogens with zero attached hydrogens (tertiary/aromatic N) is 2. The molecule has 1 aliphatic heterocycles. The molecule has 1 fully saturated rings. The molecule has 0 radical (unpaired) electrons. The van der Waals surface area contributed by atoms with Crippen LogP contribution in [0.5, 0.6) is 0 Å². The molecule has 1 saturated heterocycles. The summed E-state index contributed by atoms with van der Waals surface area (Å²) >= 11 is 0. The van der Waals surface area contributed by atoms with Crippen LogP contribution in [0.1, 0.15) is 33.8 Å². The van der Waals surface area contributed by atoms with Gasteiger partial charge in [-0.15, -0.1) is 0 Å². The van der Waals surface area contributed by atoms with E-state index in [1.807, 2.05) is 0 Å². The monoisotopic (exact) mass is 316 g/mol. The molecule has 2 rings (SSSR count). The van der Waals surface area contributed by atoms with Gasteiger partial charge in [-0.25, -0.2) is 22.9 Å². The highest BCUT2D eigenvalue weighted by molar-refractivity contribution is 7.88. The highest BCUT2D eigenvalue weighted by Gasteiger charge is 2.29. The van der Waals surface area contributed by atoms with E-state index in [1.165, 1.54) is 4.90 Å². The van der Waals surface area contributed by atoms with E-state index in [4.69, 9.17) is 5.11 Å². The molecule has 0 unspecified atom stereocenters. The van der Waals surface area contributed by atoms with Gasteiger partial charge in [-0.3, -0.25) is 4.79 Å². The van der Waals surface area contributed by atoms with Crippen LogP contribution >= 0.6 is 0 Å². The standard InChI is InChI=1S/C11H16N4O5S/c1-21(19,20)14-7-2-4-15(5-3-7)10(16)8-9(11(17)18)13-6-12-8/h6-7,14H,2-5H2,1H3,(H,12,13)(H,17,18). The molecule has 116 valence electrons. The van der Waals surface area contributed by atoms with Crippen LogP contribution in [-0.2, 0) is 10.0 Å². The molecule has 1 amide bonds. The molecule has 0 aliphatic carbocycles. The number of carbonyl (C=O) groups excluding carboxylic acids is 1. The molecule has 1 aliphatic rings. The van der Waals surface area contributed by atoms with Crippen molar-refractivity contribution in [1.82, 2.24) is 19.6 Å². The third-order valence-corrected chi connectivity index (χ3v) is 3.98. The van der Waals surface area contributed by atoms with E-state index in [-0.39, 0.29) is 17.4 Å². The summed E-state index contributed by atoms with van der Waals surface area (Å²) < 4.78 is 24.8. The van der Waals surface area contributed by atoms with Crippen LogP contribution in [0, 0.1) is 0 Å². The second-order valence-corrected chi connectivity index (χ2v) is 6.67. The number of carboxylic acid groups (broad SMARTS) is 1. The topological polar surface area (TPSA) is 132 Å². The van der Waals surface area contributed by atoms with E-state index < -0.39 is 21.9 Å². The van der Waals surface area contributed by atoms with Gasteiger partial charge < -0.3 is 15.0 Å². The number of sulfonamides is 1. The molecule has 1 aromatic rings. The van der Waals surface area contributed by atoms with E-state index in [1.54, 1.807) is 0 Å². The SMILES string of the molecule is CS(=O)(=O)NC1CCN(C(=O)c2nc[nH]c2C(=O)O)CC1. The predicted octanol–water partition coefficient (Wildman–Crippen LogP) is -0.738. The third kappa shape index (κ3) is 3.79. The fraction of sp³-hybridized carbons (Fsp3) is 0.545. The number of aromatic amines is 1. The van der Waals surface area contributed by atoms with Crippen molar-refractivity contribution in [2.24, 2.45) is 0 Å². The van der Waals surface area contributed by atoms with Crippen LogP contribution < -0.4 is 4.72 Å². The van der Waals surface area contributed by atoms with Crippen LogP contribution in [0.2, 0.25) is 0 Å². The number of piperidine rings is 1. The second kappa shape index (κ2) is 5.82. The molecule has 0 bridgehead atoms. The number of likely N-dealkylation sites (tertiary alicyclic amines) is 1. The van der Waals surface area contributed by atoms with Crippen molar-refractivity contribution in [1.29, 1.82) is 0 Å². The summed E-state index contributed by atoms with van der Waals surface area (Å²) in [6, 6.07) is -0.206. The molecule has 2 heterocycles. The summed E-state index contributed by atoms with van der Waals surface area (Å²) in [7, 11) is -3.27. The molecule has 3 N–H and O–H groups in total. The summed E-state index contributed by atoms with van der Waals surface area (Å²) in [5.41, 5.74) is -0.367. The normalized spacial score (nSPS) is 16.9. The predicted molar refractivity (Wildman–Crippen MR) is 72.5 cm³/mol. The van der Waals surface area contributed by atoms with Gasteiger partial charge in [0.05, 0.1) is 12.6 Å². The first-order chi connectivity index (χ1) is 9.78. The summed E-state index contributed by atoms with van der Waals surface area (Å²) in [4.78, 5) is 30.8. The van der Waals surface area contributed by atoms with E-state index in [2.05, 4.69) is 14.7 Å². The van der Waals surface area contributed by atoms with Crippen molar-refractivity contribution < 1.29 is 23.1 Å². The number of rotatable bonds is 4. The van der Waals surface area contributed by atoms with E-state index in [0.29, 0.717) is 25.9 Å². The molecule has 21 heavy (non-hydrogen) atoms. The van der Waals surface area contributed by atoms with Crippen molar-refractivity contribution >= 4 is 21.9 Å². The van der Waals surface area contributed by atoms with Crippen molar-refractivity contribution in [3.8, 4) is 0 Å². The highest BCUT2D eigenvalue weighted by Crippen LogP contribution is 2.15. The maximum Gasteiger partial charge on any atom is 0.354 e. The molecular formula is C11H16N4O5S. The lowest BCUT2D eigenvalue weighted by molar-refractivity contribution is 0.0654. The number of aromatic nitrogens is 2. The number of hydrogen-bond acceptors (Lipinski definition) is 5. The average molecular weight is 316 g/mol. The van der Waals surface area contributed by atoms with Crippen LogP contribution in [0.15, 0.2) is 6.33 Å². The number of nitrogens with one attached hydrogen (secondary N) is 2. The number of amides is 1. The number of H-pyrrole nitrogens is 1. The Balaban J connectivity index is 2.00. The van der Waals surface area contributed by atoms with Crippen LogP contribution in [0.4, 0.5) is 0 Å². The Labute approximate surface area is 121 Å². The first kappa shape index (κ1) is 15.4. The Morgan fingerprint density at radius 3 is 2.57 bits per heavy atom. The Bertz CT molecular complexity index is 645. The minimum Gasteiger partial charge on any atom is -0.477 e. The van der Waals surface area contributed by atoms with Crippen molar-refractivity contribution in [3.63, 3.8) is 0 Å². The van der Waals surface area contributed by atoms with Gasteiger partial charge in [-0.1, -0.05) is 0 Å². The number of carbonyl (C=O) groups is 2. The van der Waals surface area contributed by atoms with Gasteiger partial charge in [0.15, 0.2) is 11.4 Å². The molecule has 10 heteroatoms. The summed E-state index contributed by atoms with van der Waals surface area (Å²) in [5.74, 6) is -1.71. The first-order valence-electron chi connectivity index (χ1n) is 6.31. The smallest absolute Gasteiger partial charge is 0.354 e. The van der Waals surface area contributed by atoms with Crippen molar-refractivity contribution in [2.45, 2.75) is 18.9 Å². The maximum absolute atomic E-state index is 12.2. The van der Waals surface area contributed by atoms with E-state index in [0.717, 1.165) is 12.6 Å².